The van der Waals surface area contributed by atoms with E-state index in [9.17, 15) is 4.79 Å². The topological polar surface area (TPSA) is 60.2 Å². The summed E-state index contributed by atoms with van der Waals surface area (Å²) in [6.45, 7) is 6.98. The van der Waals surface area contributed by atoms with Crippen LogP contribution in [0, 0.1) is 6.92 Å². The molecule has 0 saturated carbocycles. The molecule has 0 spiro atoms. The largest absolute Gasteiger partial charge is 0.460 e. The Hall–Kier alpha value is -1.43. The van der Waals surface area contributed by atoms with E-state index in [-0.39, 0.29) is 6.04 Å². The Bertz CT molecular complexity index is 401. The van der Waals surface area contributed by atoms with Crippen LogP contribution in [-0.4, -0.2) is 52.9 Å². The Labute approximate surface area is 108 Å². The second-order valence-electron chi connectivity index (χ2n) is 4.60. The summed E-state index contributed by atoms with van der Waals surface area (Å²) in [5.41, 5.74) is 0. The van der Waals surface area contributed by atoms with Crippen molar-refractivity contribution in [2.24, 2.45) is 0 Å². The molecule has 1 rings (SSSR count). The Balaban J connectivity index is 2.86. The fraction of sp³-hybridized carbons (Fsp3) is 0.750. The quantitative estimate of drug-likeness (QED) is 0.716. The van der Waals surface area contributed by atoms with Crippen LogP contribution in [0.3, 0.4) is 0 Å². The van der Waals surface area contributed by atoms with Crippen LogP contribution < -0.4 is 0 Å². The van der Waals surface area contributed by atoms with Gasteiger partial charge in [-0.3, -0.25) is 0 Å². The summed E-state index contributed by atoms with van der Waals surface area (Å²) in [5.74, 6) is 0.625. The molecule has 1 aromatic rings. The molecule has 0 aromatic carbocycles. The van der Waals surface area contributed by atoms with E-state index in [0.717, 1.165) is 18.8 Å². The lowest BCUT2D eigenvalue weighted by atomic mass is 10.2. The smallest absolute Gasteiger partial charge is 0.376 e. The number of aryl methyl sites for hydroxylation is 1. The molecule has 0 N–H and O–H groups in total. The normalized spacial score (nSPS) is 12.8. The molecule has 0 bridgehead atoms. The molecule has 0 aliphatic carbocycles. The molecule has 0 amide bonds. The van der Waals surface area contributed by atoms with Gasteiger partial charge in [0.25, 0.3) is 0 Å². The van der Waals surface area contributed by atoms with E-state index in [1.165, 1.54) is 0 Å². The summed E-state index contributed by atoms with van der Waals surface area (Å²) in [4.78, 5) is 13.9. The van der Waals surface area contributed by atoms with Crippen LogP contribution >= 0.6 is 0 Å². The van der Waals surface area contributed by atoms with Crippen molar-refractivity contribution in [3.63, 3.8) is 0 Å². The van der Waals surface area contributed by atoms with Gasteiger partial charge in [-0.05, 0) is 47.8 Å². The standard InChI is InChI=1S/C12H22N4O2/c1-6-18-12(17)11-14-13-10(3)16(11)9(2)7-8-15(4)5/h9H,6-8H2,1-5H3. The van der Waals surface area contributed by atoms with E-state index < -0.39 is 5.97 Å². The van der Waals surface area contributed by atoms with E-state index in [1.54, 1.807) is 6.92 Å². The third-order valence-corrected chi connectivity index (χ3v) is 2.76. The molecule has 6 heteroatoms. The first-order chi connectivity index (χ1) is 8.47. The minimum absolute atomic E-state index is 0.168. The Kier molecular flexibility index (Phi) is 5.27. The number of carbonyl (C=O) groups is 1. The van der Waals surface area contributed by atoms with Crippen molar-refractivity contribution < 1.29 is 9.53 Å². The van der Waals surface area contributed by atoms with Gasteiger partial charge in [0, 0.05) is 6.04 Å². The maximum atomic E-state index is 11.8. The predicted octanol–water partition coefficient (Wildman–Crippen LogP) is 1.28. The first-order valence-corrected chi connectivity index (χ1v) is 6.20. The van der Waals surface area contributed by atoms with Gasteiger partial charge in [0.1, 0.15) is 5.82 Å². The van der Waals surface area contributed by atoms with Crippen LogP contribution in [0.15, 0.2) is 0 Å². The molecular weight excluding hydrogens is 232 g/mol. The maximum Gasteiger partial charge on any atom is 0.376 e. The zero-order valence-electron chi connectivity index (χ0n) is 11.8. The summed E-state index contributed by atoms with van der Waals surface area (Å²) in [6.07, 6.45) is 0.929. The van der Waals surface area contributed by atoms with Crippen LogP contribution in [0.25, 0.3) is 0 Å². The predicted molar refractivity (Wildman–Crippen MR) is 68.6 cm³/mol. The molecule has 0 saturated heterocycles. The van der Waals surface area contributed by atoms with Crippen LogP contribution in [0.1, 0.15) is 42.8 Å². The molecule has 0 radical (unpaired) electrons. The third kappa shape index (κ3) is 3.53. The van der Waals surface area contributed by atoms with E-state index in [2.05, 4.69) is 22.0 Å². The lowest BCUT2D eigenvalue weighted by Crippen LogP contribution is -2.21. The summed E-state index contributed by atoms with van der Waals surface area (Å²) in [6, 6.07) is 0.168. The number of carbonyl (C=O) groups excluding carboxylic acids is 1. The monoisotopic (exact) mass is 254 g/mol. The Morgan fingerprint density at radius 1 is 1.44 bits per heavy atom. The van der Waals surface area contributed by atoms with Crippen LogP contribution in [0.2, 0.25) is 0 Å². The van der Waals surface area contributed by atoms with Crippen molar-refractivity contribution >= 4 is 5.97 Å². The van der Waals surface area contributed by atoms with Gasteiger partial charge in [0.05, 0.1) is 6.61 Å². The van der Waals surface area contributed by atoms with Crippen molar-refractivity contribution in [3.05, 3.63) is 11.6 Å². The van der Waals surface area contributed by atoms with Gasteiger partial charge in [-0.25, -0.2) is 4.79 Å². The minimum Gasteiger partial charge on any atom is -0.460 e. The van der Waals surface area contributed by atoms with Crippen LogP contribution in [0.5, 0.6) is 0 Å². The first kappa shape index (κ1) is 14.6. The molecule has 102 valence electrons. The molecule has 0 aliphatic heterocycles. The van der Waals surface area contributed by atoms with Crippen LogP contribution in [0.4, 0.5) is 0 Å². The number of rotatable bonds is 6. The van der Waals surface area contributed by atoms with Gasteiger partial charge in [-0.15, -0.1) is 10.2 Å². The van der Waals surface area contributed by atoms with Crippen molar-refractivity contribution in [1.82, 2.24) is 19.7 Å². The highest BCUT2D eigenvalue weighted by molar-refractivity contribution is 5.85. The Morgan fingerprint density at radius 2 is 2.11 bits per heavy atom. The van der Waals surface area contributed by atoms with E-state index in [4.69, 9.17) is 4.74 Å². The second-order valence-corrected chi connectivity index (χ2v) is 4.60. The van der Waals surface area contributed by atoms with Gasteiger partial charge < -0.3 is 14.2 Å². The molecule has 6 nitrogen and oxygen atoms in total. The zero-order chi connectivity index (χ0) is 13.7. The number of aromatic nitrogens is 3. The fourth-order valence-electron chi connectivity index (χ4n) is 1.81. The second kappa shape index (κ2) is 6.49. The van der Waals surface area contributed by atoms with E-state index >= 15 is 0 Å². The summed E-state index contributed by atoms with van der Waals surface area (Å²) < 4.78 is 6.83. The van der Waals surface area contributed by atoms with Gasteiger partial charge in [0.2, 0.25) is 5.82 Å². The highest BCUT2D eigenvalue weighted by Gasteiger charge is 2.21. The van der Waals surface area contributed by atoms with Crippen molar-refractivity contribution in [1.29, 1.82) is 0 Å². The average Bonchev–Trinajstić information content (AvgIpc) is 2.68. The van der Waals surface area contributed by atoms with Gasteiger partial charge in [-0.2, -0.15) is 0 Å². The molecular formula is C12H22N4O2. The number of esters is 1. The molecule has 1 atom stereocenters. The summed E-state index contributed by atoms with van der Waals surface area (Å²) >= 11 is 0. The molecule has 1 heterocycles. The lowest BCUT2D eigenvalue weighted by Gasteiger charge is -2.18. The molecule has 1 aromatic heterocycles. The molecule has 18 heavy (non-hydrogen) atoms. The van der Waals surface area contributed by atoms with Crippen molar-refractivity contribution in [2.75, 3.05) is 27.2 Å². The maximum absolute atomic E-state index is 11.8. The number of hydrogen-bond donors (Lipinski definition) is 0. The molecule has 0 aliphatic rings. The highest BCUT2D eigenvalue weighted by Crippen LogP contribution is 2.16. The van der Waals surface area contributed by atoms with Gasteiger partial charge in [0.15, 0.2) is 0 Å². The first-order valence-electron chi connectivity index (χ1n) is 6.20. The number of hydrogen-bond acceptors (Lipinski definition) is 5. The molecule has 1 unspecified atom stereocenters. The van der Waals surface area contributed by atoms with E-state index in [1.807, 2.05) is 25.6 Å². The minimum atomic E-state index is -0.408. The zero-order valence-corrected chi connectivity index (χ0v) is 11.8. The highest BCUT2D eigenvalue weighted by atomic mass is 16.5. The van der Waals surface area contributed by atoms with Crippen LogP contribution in [-0.2, 0) is 4.74 Å². The SMILES string of the molecule is CCOC(=O)c1nnc(C)n1C(C)CCN(C)C. The van der Waals surface area contributed by atoms with Gasteiger partial charge >= 0.3 is 5.97 Å². The van der Waals surface area contributed by atoms with E-state index in [0.29, 0.717) is 12.4 Å². The molecule has 0 fully saturated rings. The summed E-state index contributed by atoms with van der Waals surface area (Å²) in [7, 11) is 4.05. The van der Waals surface area contributed by atoms with Gasteiger partial charge in [-0.1, -0.05) is 0 Å². The number of ether oxygens (including phenoxy) is 1. The van der Waals surface area contributed by atoms with Crippen molar-refractivity contribution in [2.45, 2.75) is 33.2 Å². The fourth-order valence-corrected chi connectivity index (χ4v) is 1.81. The Morgan fingerprint density at radius 3 is 2.67 bits per heavy atom. The average molecular weight is 254 g/mol. The lowest BCUT2D eigenvalue weighted by molar-refractivity contribution is 0.0502. The number of nitrogens with zero attached hydrogens (tertiary/aromatic N) is 4. The third-order valence-electron chi connectivity index (χ3n) is 2.76. The van der Waals surface area contributed by atoms with Crippen molar-refractivity contribution in [3.8, 4) is 0 Å². The summed E-state index contributed by atoms with van der Waals surface area (Å²) in [5, 5.41) is 7.87.